The van der Waals surface area contributed by atoms with Crippen molar-refractivity contribution in [3.63, 3.8) is 0 Å². The Morgan fingerprint density at radius 1 is 0.963 bits per heavy atom. The van der Waals surface area contributed by atoms with Gasteiger partial charge in [0.25, 0.3) is 0 Å². The van der Waals surface area contributed by atoms with Gasteiger partial charge in [0.15, 0.2) is 0 Å². The summed E-state index contributed by atoms with van der Waals surface area (Å²) in [6.07, 6.45) is 3.73. The Labute approximate surface area is 169 Å². The van der Waals surface area contributed by atoms with Crippen molar-refractivity contribution in [1.82, 2.24) is 5.20 Å². The minimum atomic E-state index is -2.15. The highest BCUT2D eigenvalue weighted by Crippen LogP contribution is 2.41. The van der Waals surface area contributed by atoms with E-state index in [9.17, 15) is 0 Å². The van der Waals surface area contributed by atoms with Gasteiger partial charge in [-0.3, -0.25) is 5.20 Å². The molecule has 4 heteroatoms. The van der Waals surface area contributed by atoms with Crippen LogP contribution in [-0.2, 0) is 11.8 Å². The molecule has 0 saturated heterocycles. The molecule has 0 aliphatic heterocycles. The summed E-state index contributed by atoms with van der Waals surface area (Å²) in [4.78, 5) is 0. The fourth-order valence-corrected chi connectivity index (χ4v) is 6.66. The number of nitrogens with one attached hydrogen (secondary N) is 1. The molecule has 1 fully saturated rings. The molecule has 0 aromatic heterocycles. The van der Waals surface area contributed by atoms with Crippen LogP contribution in [0.25, 0.3) is 0 Å². The van der Waals surface area contributed by atoms with E-state index in [4.69, 9.17) is 16.9 Å². The van der Waals surface area contributed by atoms with Crippen molar-refractivity contribution in [1.29, 1.82) is 0 Å². The second-order valence-corrected chi connectivity index (χ2v) is 12.3. The first-order valence-corrected chi connectivity index (χ1v) is 12.8. The molecule has 0 bridgehead atoms. The van der Waals surface area contributed by atoms with E-state index in [2.05, 4.69) is 74.5 Å². The zero-order chi connectivity index (χ0) is 19.3. The lowest BCUT2D eigenvalue weighted by molar-refractivity contribution is 0.176. The zero-order valence-electron chi connectivity index (χ0n) is 16.7. The third kappa shape index (κ3) is 4.70. The van der Waals surface area contributed by atoms with Gasteiger partial charge in [0.2, 0.25) is 0 Å². The van der Waals surface area contributed by atoms with Crippen molar-refractivity contribution in [2.24, 2.45) is 16.4 Å². The standard InChI is InChI=1S/C23H31N2PS/c1-4-23(2,3)19-15-17-20(18-16-19)24-25-26(27,21-11-7-5-8-12-21)22-13-9-6-10-14-22/h5-14,19H,4,15-18H2,1-3H3,(H,25,27). The van der Waals surface area contributed by atoms with Crippen LogP contribution in [0, 0.1) is 11.3 Å². The average Bonchev–Trinajstić information content (AvgIpc) is 2.73. The Kier molecular flexibility index (Phi) is 6.55. The monoisotopic (exact) mass is 398 g/mol. The molecule has 0 heterocycles. The normalized spacial score (nSPS) is 18.2. The van der Waals surface area contributed by atoms with E-state index >= 15 is 0 Å². The van der Waals surface area contributed by atoms with Crippen LogP contribution in [-0.4, -0.2) is 5.71 Å². The number of nitrogens with zero attached hydrogens (tertiary/aromatic N) is 1. The molecule has 1 aliphatic carbocycles. The van der Waals surface area contributed by atoms with Crippen LogP contribution in [0.2, 0.25) is 0 Å². The summed E-state index contributed by atoms with van der Waals surface area (Å²) in [6.45, 7) is 7.12. The summed E-state index contributed by atoms with van der Waals surface area (Å²) in [6, 6.07) is 20.8. The molecular formula is C23H31N2PS. The second kappa shape index (κ2) is 8.71. The summed E-state index contributed by atoms with van der Waals surface area (Å²) in [5.41, 5.74) is 1.71. The molecule has 0 radical (unpaired) electrons. The van der Waals surface area contributed by atoms with Crippen molar-refractivity contribution in [3.05, 3.63) is 60.7 Å². The van der Waals surface area contributed by atoms with Crippen molar-refractivity contribution in [2.45, 2.75) is 52.9 Å². The van der Waals surface area contributed by atoms with Crippen molar-refractivity contribution >= 4 is 34.3 Å². The van der Waals surface area contributed by atoms with Crippen LogP contribution < -0.4 is 15.8 Å². The van der Waals surface area contributed by atoms with Gasteiger partial charge >= 0.3 is 0 Å². The molecule has 27 heavy (non-hydrogen) atoms. The van der Waals surface area contributed by atoms with Gasteiger partial charge in [0.1, 0.15) is 6.19 Å². The minimum Gasteiger partial charge on any atom is -0.272 e. The number of rotatable bonds is 6. The Morgan fingerprint density at radius 2 is 1.44 bits per heavy atom. The summed E-state index contributed by atoms with van der Waals surface area (Å²) in [5, 5.41) is 10.7. The molecule has 1 saturated carbocycles. The van der Waals surface area contributed by atoms with Crippen LogP contribution in [0.3, 0.4) is 0 Å². The summed E-state index contributed by atoms with van der Waals surface area (Å²) < 4.78 is 0. The number of hydrogen-bond acceptors (Lipinski definition) is 2. The molecule has 0 atom stereocenters. The van der Waals surface area contributed by atoms with Gasteiger partial charge < -0.3 is 0 Å². The smallest absolute Gasteiger partial charge is 0.106 e. The molecule has 144 valence electrons. The van der Waals surface area contributed by atoms with E-state index in [0.717, 1.165) is 29.4 Å². The lowest BCUT2D eigenvalue weighted by atomic mass is 9.69. The third-order valence-corrected chi connectivity index (χ3v) is 10.1. The fourth-order valence-electron chi connectivity index (χ4n) is 3.81. The molecule has 1 N–H and O–H groups in total. The Morgan fingerprint density at radius 3 is 1.89 bits per heavy atom. The predicted octanol–water partition coefficient (Wildman–Crippen LogP) is 5.60. The maximum absolute atomic E-state index is 6.20. The number of hydrogen-bond donors (Lipinski definition) is 1. The van der Waals surface area contributed by atoms with Crippen molar-refractivity contribution in [3.8, 4) is 0 Å². The maximum Gasteiger partial charge on any atom is 0.106 e. The first kappa shape index (κ1) is 20.3. The van der Waals surface area contributed by atoms with Crippen LogP contribution in [0.4, 0.5) is 0 Å². The molecular weight excluding hydrogens is 367 g/mol. The van der Waals surface area contributed by atoms with Crippen molar-refractivity contribution in [2.75, 3.05) is 0 Å². The largest absolute Gasteiger partial charge is 0.272 e. The molecule has 0 amide bonds. The highest BCUT2D eigenvalue weighted by molar-refractivity contribution is 8.20. The van der Waals surface area contributed by atoms with E-state index in [-0.39, 0.29) is 0 Å². The lowest BCUT2D eigenvalue weighted by Gasteiger charge is -2.36. The summed E-state index contributed by atoms with van der Waals surface area (Å²) in [5.74, 6) is 0.799. The van der Waals surface area contributed by atoms with Gasteiger partial charge in [-0.1, -0.05) is 99.7 Å². The molecule has 2 aromatic rings. The van der Waals surface area contributed by atoms with Crippen LogP contribution in [0.15, 0.2) is 65.8 Å². The van der Waals surface area contributed by atoms with Gasteiger partial charge in [-0.2, -0.15) is 5.10 Å². The third-order valence-electron chi connectivity index (χ3n) is 6.17. The van der Waals surface area contributed by atoms with E-state index in [0.29, 0.717) is 5.41 Å². The van der Waals surface area contributed by atoms with Crippen LogP contribution in [0.5, 0.6) is 0 Å². The molecule has 2 nitrogen and oxygen atoms in total. The minimum absolute atomic E-state index is 0.432. The first-order chi connectivity index (χ1) is 13.0. The second-order valence-electron chi connectivity index (χ2n) is 8.17. The highest BCUT2D eigenvalue weighted by Gasteiger charge is 2.31. The Hall–Kier alpha value is -1.44. The van der Waals surface area contributed by atoms with Gasteiger partial charge in [-0.15, -0.1) is 0 Å². The van der Waals surface area contributed by atoms with E-state index in [1.165, 1.54) is 25.0 Å². The number of hydrazone groups is 1. The van der Waals surface area contributed by atoms with Gasteiger partial charge in [-0.25, -0.2) is 0 Å². The average molecular weight is 399 g/mol. The highest BCUT2D eigenvalue weighted by atomic mass is 32.4. The summed E-state index contributed by atoms with van der Waals surface area (Å²) >= 11 is 6.20. The SMILES string of the molecule is CCC(C)(C)C1CCC(=NNP(=S)(c2ccccc2)c2ccccc2)CC1. The topological polar surface area (TPSA) is 24.4 Å². The fraction of sp³-hybridized carbons (Fsp3) is 0.435. The molecule has 3 rings (SSSR count). The van der Waals surface area contributed by atoms with E-state index in [1.54, 1.807) is 0 Å². The van der Waals surface area contributed by atoms with E-state index < -0.39 is 6.19 Å². The molecule has 1 aliphatic rings. The number of benzene rings is 2. The van der Waals surface area contributed by atoms with E-state index in [1.807, 2.05) is 12.1 Å². The lowest BCUT2D eigenvalue weighted by Crippen LogP contribution is -2.29. The summed E-state index contributed by atoms with van der Waals surface area (Å²) in [7, 11) is 0. The van der Waals surface area contributed by atoms with Gasteiger partial charge in [0.05, 0.1) is 0 Å². The zero-order valence-corrected chi connectivity index (χ0v) is 18.4. The Bertz CT molecular complexity index is 761. The molecule has 0 spiro atoms. The van der Waals surface area contributed by atoms with Gasteiger partial charge in [-0.05, 0) is 37.0 Å². The van der Waals surface area contributed by atoms with Gasteiger partial charge in [0, 0.05) is 16.3 Å². The van der Waals surface area contributed by atoms with Crippen molar-refractivity contribution < 1.29 is 0 Å². The van der Waals surface area contributed by atoms with Crippen LogP contribution in [0.1, 0.15) is 52.9 Å². The first-order valence-electron chi connectivity index (χ1n) is 9.99. The molecule has 0 unspecified atom stereocenters. The quantitative estimate of drug-likeness (QED) is 0.506. The maximum atomic E-state index is 6.20. The Balaban J connectivity index is 1.79. The molecule has 2 aromatic carbocycles. The van der Waals surface area contributed by atoms with Crippen LogP contribution >= 0.6 is 6.19 Å². The predicted molar refractivity (Wildman–Crippen MR) is 123 cm³/mol.